The first kappa shape index (κ1) is 10.3. The Bertz CT molecular complexity index is 518. The van der Waals surface area contributed by atoms with E-state index in [1.165, 1.54) is 21.0 Å². The number of hydrogen-bond donors (Lipinski definition) is 0. The predicted octanol–water partition coefficient (Wildman–Crippen LogP) is 3.64. The molecule has 0 atom stereocenters. The first-order valence-corrected chi connectivity index (χ1v) is 5.40. The molecule has 0 bridgehead atoms. The molecule has 0 saturated heterocycles. The van der Waals surface area contributed by atoms with E-state index in [4.69, 9.17) is 0 Å². The van der Waals surface area contributed by atoms with Crippen LogP contribution in [0.5, 0.6) is 0 Å². The van der Waals surface area contributed by atoms with Crippen LogP contribution in [0.1, 0.15) is 0 Å². The second-order valence-corrected chi connectivity index (χ2v) is 4.54. The van der Waals surface area contributed by atoms with E-state index < -0.39 is 0 Å². The van der Waals surface area contributed by atoms with Crippen molar-refractivity contribution in [3.05, 3.63) is 48.5 Å². The number of fused-ring (bicyclic) bond motifs is 3. The van der Waals surface area contributed by atoms with Crippen molar-refractivity contribution < 1.29 is 0 Å². The third-order valence-corrected chi connectivity index (χ3v) is 3.82. The van der Waals surface area contributed by atoms with Gasteiger partial charge in [0.25, 0.3) is 0 Å². The van der Waals surface area contributed by atoms with Gasteiger partial charge in [-0.15, -0.1) is 8.19 Å². The van der Waals surface area contributed by atoms with Crippen molar-refractivity contribution in [2.75, 3.05) is 0 Å². The van der Waals surface area contributed by atoms with Gasteiger partial charge in [0, 0.05) is 29.6 Å². The normalized spacial score (nSPS) is 10.3. The maximum atomic E-state index is 2.23. The van der Waals surface area contributed by atoms with Crippen LogP contribution in [0.3, 0.4) is 0 Å². The van der Waals surface area contributed by atoms with Gasteiger partial charge in [0.2, 0.25) is 0 Å². The summed E-state index contributed by atoms with van der Waals surface area (Å²) in [6.45, 7) is 0. The second kappa shape index (κ2) is 4.08. The molecule has 63 valence electrons. The van der Waals surface area contributed by atoms with E-state index in [0.29, 0.717) is 0 Å². The van der Waals surface area contributed by atoms with Gasteiger partial charge < -0.3 is 0 Å². The first-order chi connectivity index (χ1) is 6.45. The maximum absolute atomic E-state index is 2.23. The molecule has 2 heteroatoms. The molecule has 3 aromatic rings. The molecular weight excluding hydrogens is 198 g/mol. The van der Waals surface area contributed by atoms with Crippen molar-refractivity contribution in [3.8, 4) is 0 Å². The van der Waals surface area contributed by atoms with Crippen LogP contribution in [0.4, 0.5) is 0 Å². The Morgan fingerprint density at radius 2 is 1.07 bits per heavy atom. The number of hydrogen-bond acceptors (Lipinski definition) is 0. The molecule has 0 unspecified atom stereocenters. The quantitative estimate of drug-likeness (QED) is 0.493. The van der Waals surface area contributed by atoms with Crippen LogP contribution in [0.15, 0.2) is 48.5 Å². The molecule has 0 aliphatic rings. The van der Waals surface area contributed by atoms with Gasteiger partial charge in [-0.25, -0.2) is 0 Å². The van der Waals surface area contributed by atoms with Crippen molar-refractivity contribution >= 4 is 58.8 Å². The molecule has 0 amide bonds. The van der Waals surface area contributed by atoms with Crippen LogP contribution in [-0.2, 0) is 0 Å². The molecule has 0 aliphatic heterocycles. The fraction of sp³-hybridized carbons (Fsp3) is 0. The summed E-state index contributed by atoms with van der Waals surface area (Å²) in [5.74, 6) is 0. The van der Waals surface area contributed by atoms with E-state index in [0.717, 1.165) is 8.19 Å². The van der Waals surface area contributed by atoms with Gasteiger partial charge in [-0.3, -0.25) is 0 Å². The van der Waals surface area contributed by atoms with E-state index in [9.17, 15) is 0 Å². The van der Waals surface area contributed by atoms with Crippen LogP contribution in [0.25, 0.3) is 21.0 Å². The molecular formula is C12H9NaP. The molecule has 1 heterocycles. The van der Waals surface area contributed by atoms with Crippen LogP contribution < -0.4 is 0 Å². The van der Waals surface area contributed by atoms with Gasteiger partial charge in [-0.05, 0) is 21.0 Å². The molecule has 0 saturated carbocycles. The molecule has 0 spiro atoms. The second-order valence-electron chi connectivity index (χ2n) is 3.22. The summed E-state index contributed by atoms with van der Waals surface area (Å²) in [7, 11) is 0.851. The third-order valence-electron chi connectivity index (χ3n) is 2.41. The fourth-order valence-electron chi connectivity index (χ4n) is 1.80. The molecule has 0 aliphatic carbocycles. The summed E-state index contributed by atoms with van der Waals surface area (Å²) in [5, 5.41) is 5.83. The fourth-order valence-corrected chi connectivity index (χ4v) is 3.15. The summed E-state index contributed by atoms with van der Waals surface area (Å²) < 4.78 is 0. The minimum absolute atomic E-state index is 0. The third kappa shape index (κ3) is 1.53. The van der Waals surface area contributed by atoms with Crippen LogP contribution >= 0.6 is 8.19 Å². The van der Waals surface area contributed by atoms with E-state index in [2.05, 4.69) is 48.5 Å². The molecule has 0 fully saturated rings. The molecule has 0 nitrogen and oxygen atoms in total. The summed E-state index contributed by atoms with van der Waals surface area (Å²) in [5.41, 5.74) is 0. The van der Waals surface area contributed by atoms with Crippen molar-refractivity contribution in [3.63, 3.8) is 0 Å². The molecule has 1 aromatic heterocycles. The van der Waals surface area contributed by atoms with Crippen molar-refractivity contribution in [1.29, 1.82) is 0 Å². The van der Waals surface area contributed by atoms with Gasteiger partial charge in [0.05, 0.1) is 0 Å². The van der Waals surface area contributed by atoms with E-state index in [1.807, 2.05) is 0 Å². The van der Waals surface area contributed by atoms with Gasteiger partial charge in [-0.2, -0.15) is 0 Å². The Morgan fingerprint density at radius 3 is 1.57 bits per heavy atom. The Labute approximate surface area is 107 Å². The van der Waals surface area contributed by atoms with Crippen LogP contribution in [-0.4, -0.2) is 29.6 Å². The zero-order chi connectivity index (χ0) is 8.67. The summed E-state index contributed by atoms with van der Waals surface area (Å²) in [6.07, 6.45) is 0. The zero-order valence-corrected chi connectivity index (χ0v) is 11.1. The molecule has 14 heavy (non-hydrogen) atoms. The van der Waals surface area contributed by atoms with Crippen LogP contribution in [0.2, 0.25) is 0 Å². The maximum Gasteiger partial charge on any atom is 0 e. The SMILES string of the molecule is [Na].c1ccc2c(c1)[pH]c1ccccc12. The zero-order valence-electron chi connectivity index (χ0n) is 8.12. The smallest absolute Gasteiger partial charge is 0 e. The summed E-state index contributed by atoms with van der Waals surface area (Å²) in [4.78, 5) is 0. The monoisotopic (exact) mass is 207 g/mol. The largest absolute Gasteiger partial charge is 0.123 e. The van der Waals surface area contributed by atoms with Crippen LogP contribution in [0, 0.1) is 0 Å². The van der Waals surface area contributed by atoms with E-state index in [1.54, 1.807) is 0 Å². The van der Waals surface area contributed by atoms with Gasteiger partial charge in [0.15, 0.2) is 0 Å². The minimum Gasteiger partial charge on any atom is -0.123 e. The van der Waals surface area contributed by atoms with Gasteiger partial charge in [-0.1, -0.05) is 48.5 Å². The molecule has 3 rings (SSSR count). The van der Waals surface area contributed by atoms with Gasteiger partial charge >= 0.3 is 0 Å². The molecule has 2 aromatic carbocycles. The summed E-state index contributed by atoms with van der Waals surface area (Å²) >= 11 is 0. The predicted molar refractivity (Wildman–Crippen MR) is 66.7 cm³/mol. The van der Waals surface area contributed by atoms with E-state index in [-0.39, 0.29) is 29.6 Å². The topological polar surface area (TPSA) is 0 Å². The Morgan fingerprint density at radius 1 is 0.643 bits per heavy atom. The number of rotatable bonds is 0. The van der Waals surface area contributed by atoms with E-state index >= 15 is 0 Å². The average Bonchev–Trinajstić information content (AvgIpc) is 2.56. The van der Waals surface area contributed by atoms with Crippen molar-refractivity contribution in [1.82, 2.24) is 0 Å². The molecule has 0 N–H and O–H groups in total. The Kier molecular flexibility index (Phi) is 2.99. The first-order valence-electron chi connectivity index (χ1n) is 4.40. The van der Waals surface area contributed by atoms with Crippen molar-refractivity contribution in [2.45, 2.75) is 0 Å². The molecule has 1 radical (unpaired) electrons. The minimum atomic E-state index is 0. The van der Waals surface area contributed by atoms with Crippen molar-refractivity contribution in [2.24, 2.45) is 0 Å². The van der Waals surface area contributed by atoms with Gasteiger partial charge in [0.1, 0.15) is 0 Å². The summed E-state index contributed by atoms with van der Waals surface area (Å²) in [6, 6.07) is 17.4. The Balaban J connectivity index is 0.000000750. The average molecular weight is 207 g/mol. The Hall–Kier alpha value is -0.260. The standard InChI is InChI=1S/C12H9P.Na/c1-3-7-11-9(5-1)10-6-2-4-8-12(10)13-11;/h1-8,13H;. The number of benzene rings is 2.